The summed E-state index contributed by atoms with van der Waals surface area (Å²) in [6.07, 6.45) is 3.93. The molecule has 0 spiro atoms. The molecule has 1 fully saturated rings. The Morgan fingerprint density at radius 2 is 1.92 bits per heavy atom. The summed E-state index contributed by atoms with van der Waals surface area (Å²) in [6, 6.07) is 0. The SMILES string of the molecule is CCCn1c(=O)c2sc(N3CCCCC3)nc2n(CC(=O)O)c1=O. The maximum Gasteiger partial charge on any atom is 0.333 e. The van der Waals surface area contributed by atoms with E-state index in [2.05, 4.69) is 9.88 Å². The molecule has 8 nitrogen and oxygen atoms in total. The molecule has 1 aliphatic rings. The molecule has 9 heteroatoms. The Morgan fingerprint density at radius 3 is 2.54 bits per heavy atom. The van der Waals surface area contributed by atoms with Crippen LogP contribution in [0, 0.1) is 0 Å². The molecule has 0 atom stereocenters. The van der Waals surface area contributed by atoms with Crippen molar-refractivity contribution in [2.45, 2.75) is 45.7 Å². The number of nitrogens with zero attached hydrogens (tertiary/aromatic N) is 4. The average Bonchev–Trinajstić information content (AvgIpc) is 3.01. The average molecular weight is 352 g/mol. The van der Waals surface area contributed by atoms with E-state index in [9.17, 15) is 14.4 Å². The Bertz CT molecular complexity index is 876. The summed E-state index contributed by atoms with van der Waals surface area (Å²) in [5.41, 5.74) is -0.795. The molecule has 2 aromatic rings. The van der Waals surface area contributed by atoms with Crippen molar-refractivity contribution in [3.63, 3.8) is 0 Å². The van der Waals surface area contributed by atoms with Crippen molar-refractivity contribution in [2.24, 2.45) is 0 Å². The topological polar surface area (TPSA) is 97.4 Å². The molecule has 1 saturated heterocycles. The molecule has 0 amide bonds. The lowest BCUT2D eigenvalue weighted by atomic mass is 10.1. The number of fused-ring (bicyclic) bond motifs is 1. The van der Waals surface area contributed by atoms with Crippen molar-refractivity contribution in [1.82, 2.24) is 14.1 Å². The summed E-state index contributed by atoms with van der Waals surface area (Å²) in [5.74, 6) is -1.13. The molecule has 0 aromatic carbocycles. The maximum absolute atomic E-state index is 12.6. The lowest BCUT2D eigenvalue weighted by Gasteiger charge is -2.25. The summed E-state index contributed by atoms with van der Waals surface area (Å²) in [6.45, 7) is 3.37. The van der Waals surface area contributed by atoms with Crippen LogP contribution in [0.3, 0.4) is 0 Å². The van der Waals surface area contributed by atoms with E-state index in [1.165, 1.54) is 17.8 Å². The number of carboxylic acid groups (broad SMARTS) is 1. The summed E-state index contributed by atoms with van der Waals surface area (Å²) < 4.78 is 2.56. The highest BCUT2D eigenvalue weighted by molar-refractivity contribution is 7.22. The first-order valence-electron chi connectivity index (χ1n) is 8.14. The fourth-order valence-corrected chi connectivity index (χ4v) is 4.06. The summed E-state index contributed by atoms with van der Waals surface area (Å²) in [7, 11) is 0. The van der Waals surface area contributed by atoms with Gasteiger partial charge in [0.1, 0.15) is 11.2 Å². The highest BCUT2D eigenvalue weighted by Crippen LogP contribution is 2.28. The fourth-order valence-electron chi connectivity index (χ4n) is 2.99. The Hall–Kier alpha value is -2.16. The molecule has 3 heterocycles. The number of anilines is 1. The molecular formula is C15H20N4O4S. The van der Waals surface area contributed by atoms with Gasteiger partial charge in [-0.15, -0.1) is 0 Å². The van der Waals surface area contributed by atoms with Gasteiger partial charge in [0.05, 0.1) is 0 Å². The van der Waals surface area contributed by atoms with E-state index in [1.807, 2.05) is 6.92 Å². The number of aliphatic carboxylic acids is 1. The van der Waals surface area contributed by atoms with Gasteiger partial charge < -0.3 is 10.0 Å². The van der Waals surface area contributed by atoms with Crippen LogP contribution in [-0.2, 0) is 17.9 Å². The molecular weight excluding hydrogens is 332 g/mol. The fraction of sp³-hybridized carbons (Fsp3) is 0.600. The Kier molecular flexibility index (Phi) is 4.70. The number of piperidine rings is 1. The Labute approximate surface area is 142 Å². The molecule has 2 aromatic heterocycles. The van der Waals surface area contributed by atoms with Crippen LogP contribution in [0.25, 0.3) is 10.3 Å². The number of carbonyl (C=O) groups is 1. The molecule has 0 bridgehead atoms. The third-order valence-electron chi connectivity index (χ3n) is 4.12. The largest absolute Gasteiger partial charge is 0.480 e. The van der Waals surface area contributed by atoms with E-state index in [-0.39, 0.29) is 17.8 Å². The van der Waals surface area contributed by atoms with Gasteiger partial charge in [-0.1, -0.05) is 18.3 Å². The standard InChI is InChI=1S/C15H20N4O4S/c1-2-6-18-13(22)11-12(19(15(18)23)9-10(20)21)16-14(24-11)17-7-4-3-5-8-17/h2-9H2,1H3,(H,20,21). The molecule has 1 aliphatic heterocycles. The summed E-state index contributed by atoms with van der Waals surface area (Å²) in [4.78, 5) is 42.8. The van der Waals surface area contributed by atoms with Gasteiger partial charge in [-0.3, -0.25) is 18.7 Å². The lowest BCUT2D eigenvalue weighted by Crippen LogP contribution is -2.40. The molecule has 1 N–H and O–H groups in total. The third-order valence-corrected chi connectivity index (χ3v) is 5.22. The number of thiazole rings is 1. The minimum atomic E-state index is -1.13. The highest BCUT2D eigenvalue weighted by Gasteiger charge is 2.22. The van der Waals surface area contributed by atoms with Gasteiger partial charge >= 0.3 is 11.7 Å². The van der Waals surface area contributed by atoms with Gasteiger partial charge in [-0.2, -0.15) is 0 Å². The number of carboxylic acids is 1. The van der Waals surface area contributed by atoms with Crippen LogP contribution in [0.5, 0.6) is 0 Å². The minimum Gasteiger partial charge on any atom is -0.480 e. The summed E-state index contributed by atoms with van der Waals surface area (Å²) in [5, 5.41) is 9.80. The summed E-state index contributed by atoms with van der Waals surface area (Å²) >= 11 is 1.25. The lowest BCUT2D eigenvalue weighted by molar-refractivity contribution is -0.137. The number of hydrogen-bond donors (Lipinski definition) is 1. The van der Waals surface area contributed by atoms with Gasteiger partial charge in [-0.05, 0) is 25.7 Å². The van der Waals surface area contributed by atoms with Crippen molar-refractivity contribution < 1.29 is 9.90 Å². The van der Waals surface area contributed by atoms with Crippen LogP contribution in [0.4, 0.5) is 5.13 Å². The van der Waals surface area contributed by atoms with E-state index >= 15 is 0 Å². The third kappa shape index (κ3) is 2.95. The van der Waals surface area contributed by atoms with E-state index in [0.29, 0.717) is 16.3 Å². The normalized spacial score (nSPS) is 15.1. The molecule has 0 aliphatic carbocycles. The van der Waals surface area contributed by atoms with Crippen molar-refractivity contribution in [1.29, 1.82) is 0 Å². The zero-order chi connectivity index (χ0) is 17.3. The Balaban J connectivity index is 2.21. The molecule has 3 rings (SSSR count). The first-order valence-corrected chi connectivity index (χ1v) is 8.95. The van der Waals surface area contributed by atoms with Crippen LogP contribution in [0.15, 0.2) is 9.59 Å². The number of hydrogen-bond acceptors (Lipinski definition) is 6. The van der Waals surface area contributed by atoms with Crippen LogP contribution in [0.1, 0.15) is 32.6 Å². The van der Waals surface area contributed by atoms with Crippen LogP contribution >= 0.6 is 11.3 Å². The maximum atomic E-state index is 12.6. The van der Waals surface area contributed by atoms with Gasteiger partial charge in [0, 0.05) is 19.6 Å². The predicted molar refractivity (Wildman–Crippen MR) is 92.1 cm³/mol. The van der Waals surface area contributed by atoms with Crippen molar-refractivity contribution in [2.75, 3.05) is 18.0 Å². The van der Waals surface area contributed by atoms with Gasteiger partial charge in [0.25, 0.3) is 5.56 Å². The van der Waals surface area contributed by atoms with E-state index in [1.54, 1.807) is 0 Å². The second-order valence-electron chi connectivity index (χ2n) is 5.92. The quantitative estimate of drug-likeness (QED) is 0.865. The van der Waals surface area contributed by atoms with Gasteiger partial charge in [-0.25, -0.2) is 9.78 Å². The van der Waals surface area contributed by atoms with Gasteiger partial charge in [0.15, 0.2) is 10.8 Å². The monoisotopic (exact) mass is 352 g/mol. The van der Waals surface area contributed by atoms with E-state index in [4.69, 9.17) is 5.11 Å². The zero-order valence-corrected chi connectivity index (χ0v) is 14.3. The molecule has 0 radical (unpaired) electrons. The zero-order valence-electron chi connectivity index (χ0n) is 13.5. The number of aromatic nitrogens is 3. The van der Waals surface area contributed by atoms with Crippen molar-refractivity contribution >= 4 is 32.8 Å². The second-order valence-corrected chi connectivity index (χ2v) is 6.89. The molecule has 0 saturated carbocycles. The Morgan fingerprint density at radius 1 is 1.21 bits per heavy atom. The predicted octanol–water partition coefficient (Wildman–Crippen LogP) is 1.10. The van der Waals surface area contributed by atoms with Crippen LogP contribution < -0.4 is 16.1 Å². The van der Waals surface area contributed by atoms with Crippen LogP contribution in [-0.4, -0.2) is 38.3 Å². The van der Waals surface area contributed by atoms with E-state index < -0.39 is 18.2 Å². The molecule has 130 valence electrons. The van der Waals surface area contributed by atoms with Crippen molar-refractivity contribution in [3.8, 4) is 0 Å². The number of rotatable bonds is 5. The smallest absolute Gasteiger partial charge is 0.333 e. The first kappa shape index (κ1) is 16.7. The highest BCUT2D eigenvalue weighted by atomic mass is 32.1. The van der Waals surface area contributed by atoms with Crippen molar-refractivity contribution in [3.05, 3.63) is 20.8 Å². The minimum absolute atomic E-state index is 0.185. The van der Waals surface area contributed by atoms with Crippen LogP contribution in [0.2, 0.25) is 0 Å². The molecule has 24 heavy (non-hydrogen) atoms. The molecule has 0 unspecified atom stereocenters. The van der Waals surface area contributed by atoms with E-state index in [0.717, 1.165) is 35.1 Å². The second kappa shape index (κ2) is 6.76. The van der Waals surface area contributed by atoms with Gasteiger partial charge in [0.2, 0.25) is 0 Å². The first-order chi connectivity index (χ1) is 11.5.